The second-order valence-electron chi connectivity index (χ2n) is 5.52. The molecule has 1 aliphatic rings. The number of amides is 1. The average molecular weight is 293 g/mol. The minimum Gasteiger partial charge on any atom is -0.396 e. The van der Waals surface area contributed by atoms with Gasteiger partial charge in [-0.25, -0.2) is 4.98 Å². The number of nitrogens with zero attached hydrogens (tertiary/aromatic N) is 3. The van der Waals surface area contributed by atoms with Crippen molar-refractivity contribution in [1.82, 2.24) is 14.3 Å². The van der Waals surface area contributed by atoms with Gasteiger partial charge in [-0.15, -0.1) is 11.3 Å². The molecule has 2 atom stereocenters. The minimum atomic E-state index is 0.112. The van der Waals surface area contributed by atoms with E-state index in [1.165, 1.54) is 0 Å². The standard InChI is InChI=1S/C14H19N3O2S/c1-10-2-3-11(9-18)7-17(10)13(19)6-12-8-16-4-5-20-14(16)15-12/h4-5,8,10-11,18H,2-3,6-7,9H2,1H3. The van der Waals surface area contributed by atoms with Crippen molar-refractivity contribution in [2.45, 2.75) is 32.2 Å². The van der Waals surface area contributed by atoms with Gasteiger partial charge in [-0.3, -0.25) is 9.20 Å². The highest BCUT2D eigenvalue weighted by Gasteiger charge is 2.28. The van der Waals surface area contributed by atoms with Gasteiger partial charge in [0.15, 0.2) is 4.96 Å². The summed E-state index contributed by atoms with van der Waals surface area (Å²) in [5, 5.41) is 11.3. The van der Waals surface area contributed by atoms with Gasteiger partial charge in [0.25, 0.3) is 0 Å². The number of hydrogen-bond donors (Lipinski definition) is 1. The van der Waals surface area contributed by atoms with E-state index in [2.05, 4.69) is 11.9 Å². The van der Waals surface area contributed by atoms with Crippen LogP contribution in [0.1, 0.15) is 25.5 Å². The van der Waals surface area contributed by atoms with E-state index in [-0.39, 0.29) is 24.5 Å². The van der Waals surface area contributed by atoms with Crippen LogP contribution in [0.15, 0.2) is 17.8 Å². The van der Waals surface area contributed by atoms with Crippen molar-refractivity contribution in [2.75, 3.05) is 13.2 Å². The Morgan fingerprint density at radius 3 is 3.15 bits per heavy atom. The van der Waals surface area contributed by atoms with Crippen molar-refractivity contribution in [3.63, 3.8) is 0 Å². The molecule has 0 saturated carbocycles. The van der Waals surface area contributed by atoms with E-state index in [1.807, 2.05) is 27.1 Å². The molecule has 0 bridgehead atoms. The maximum absolute atomic E-state index is 12.4. The predicted octanol–water partition coefficient (Wildman–Crippen LogP) is 1.56. The summed E-state index contributed by atoms with van der Waals surface area (Å²) < 4.78 is 1.95. The topological polar surface area (TPSA) is 57.8 Å². The van der Waals surface area contributed by atoms with Gasteiger partial charge < -0.3 is 10.0 Å². The number of piperidine rings is 1. The number of likely N-dealkylation sites (tertiary alicyclic amines) is 1. The molecule has 108 valence electrons. The lowest BCUT2D eigenvalue weighted by molar-refractivity contribution is -0.135. The monoisotopic (exact) mass is 293 g/mol. The lowest BCUT2D eigenvalue weighted by Gasteiger charge is -2.37. The van der Waals surface area contributed by atoms with Gasteiger partial charge in [-0.05, 0) is 25.7 Å². The van der Waals surface area contributed by atoms with Crippen LogP contribution in [0.5, 0.6) is 0 Å². The van der Waals surface area contributed by atoms with E-state index in [0.717, 1.165) is 23.5 Å². The molecule has 20 heavy (non-hydrogen) atoms. The van der Waals surface area contributed by atoms with E-state index < -0.39 is 0 Å². The van der Waals surface area contributed by atoms with Crippen LogP contribution in [0.2, 0.25) is 0 Å². The number of thiazole rings is 1. The average Bonchev–Trinajstić information content (AvgIpc) is 3.00. The maximum Gasteiger partial charge on any atom is 0.228 e. The summed E-state index contributed by atoms with van der Waals surface area (Å²) in [6.07, 6.45) is 6.18. The van der Waals surface area contributed by atoms with Gasteiger partial charge in [0.2, 0.25) is 5.91 Å². The Labute approximate surface area is 121 Å². The molecule has 1 N–H and O–H groups in total. The van der Waals surface area contributed by atoms with Crippen molar-refractivity contribution in [3.8, 4) is 0 Å². The number of aromatic nitrogens is 2. The number of fused-ring (bicyclic) bond motifs is 1. The molecular formula is C14H19N3O2S. The van der Waals surface area contributed by atoms with Gasteiger partial charge in [0.05, 0.1) is 12.1 Å². The number of aliphatic hydroxyl groups is 1. The van der Waals surface area contributed by atoms with Crippen LogP contribution >= 0.6 is 11.3 Å². The fraction of sp³-hybridized carbons (Fsp3) is 0.571. The summed E-state index contributed by atoms with van der Waals surface area (Å²) in [6, 6.07) is 0.258. The molecule has 0 aromatic carbocycles. The molecule has 2 aromatic heterocycles. The molecule has 0 radical (unpaired) electrons. The fourth-order valence-electron chi connectivity index (χ4n) is 2.80. The zero-order valence-corrected chi connectivity index (χ0v) is 12.3. The molecule has 1 aliphatic heterocycles. The van der Waals surface area contributed by atoms with E-state index >= 15 is 0 Å². The summed E-state index contributed by atoms with van der Waals surface area (Å²) in [5.41, 5.74) is 0.820. The Kier molecular flexibility index (Phi) is 3.76. The molecule has 0 aliphatic carbocycles. The number of aliphatic hydroxyl groups excluding tert-OH is 1. The summed E-state index contributed by atoms with van der Waals surface area (Å²) in [4.78, 5) is 19.7. The van der Waals surface area contributed by atoms with Crippen LogP contribution in [0.3, 0.4) is 0 Å². The van der Waals surface area contributed by atoms with Crippen molar-refractivity contribution in [2.24, 2.45) is 5.92 Å². The van der Waals surface area contributed by atoms with Crippen LogP contribution < -0.4 is 0 Å². The van der Waals surface area contributed by atoms with Gasteiger partial charge in [-0.2, -0.15) is 0 Å². The summed E-state index contributed by atoms with van der Waals surface area (Å²) >= 11 is 1.57. The predicted molar refractivity (Wildman–Crippen MR) is 77.8 cm³/mol. The Morgan fingerprint density at radius 1 is 1.55 bits per heavy atom. The fourth-order valence-corrected chi connectivity index (χ4v) is 3.52. The van der Waals surface area contributed by atoms with Crippen molar-refractivity contribution >= 4 is 22.2 Å². The Hall–Kier alpha value is -1.40. The third-order valence-electron chi connectivity index (χ3n) is 4.03. The number of rotatable bonds is 3. The highest BCUT2D eigenvalue weighted by molar-refractivity contribution is 7.15. The largest absolute Gasteiger partial charge is 0.396 e. The Morgan fingerprint density at radius 2 is 2.40 bits per heavy atom. The van der Waals surface area contributed by atoms with E-state index in [9.17, 15) is 9.90 Å². The smallest absolute Gasteiger partial charge is 0.228 e. The zero-order valence-electron chi connectivity index (χ0n) is 11.5. The third kappa shape index (κ3) is 2.58. The lowest BCUT2D eigenvalue weighted by Crippen LogP contribution is -2.47. The van der Waals surface area contributed by atoms with E-state index in [4.69, 9.17) is 0 Å². The molecular weight excluding hydrogens is 274 g/mol. The van der Waals surface area contributed by atoms with Crippen LogP contribution in [0.25, 0.3) is 4.96 Å². The summed E-state index contributed by atoms with van der Waals surface area (Å²) in [7, 11) is 0. The normalized spacial score (nSPS) is 23.4. The Balaban J connectivity index is 1.69. The summed E-state index contributed by atoms with van der Waals surface area (Å²) in [5.74, 6) is 0.335. The summed E-state index contributed by atoms with van der Waals surface area (Å²) in [6.45, 7) is 2.91. The lowest BCUT2D eigenvalue weighted by atomic mass is 9.94. The third-order valence-corrected chi connectivity index (χ3v) is 4.80. The molecule has 0 spiro atoms. The van der Waals surface area contributed by atoms with Gasteiger partial charge in [0, 0.05) is 37.0 Å². The van der Waals surface area contributed by atoms with E-state index in [0.29, 0.717) is 13.0 Å². The molecule has 3 heterocycles. The molecule has 1 amide bonds. The first-order valence-electron chi connectivity index (χ1n) is 6.98. The number of carbonyl (C=O) groups is 1. The highest BCUT2D eigenvalue weighted by Crippen LogP contribution is 2.22. The van der Waals surface area contributed by atoms with Crippen LogP contribution in [-0.2, 0) is 11.2 Å². The van der Waals surface area contributed by atoms with Crippen molar-refractivity contribution in [1.29, 1.82) is 0 Å². The SMILES string of the molecule is CC1CCC(CO)CN1C(=O)Cc1cn2ccsc2n1. The van der Waals surface area contributed by atoms with E-state index in [1.54, 1.807) is 11.3 Å². The molecule has 2 unspecified atom stereocenters. The van der Waals surface area contributed by atoms with Crippen molar-refractivity contribution in [3.05, 3.63) is 23.5 Å². The van der Waals surface area contributed by atoms with Gasteiger partial charge in [0.1, 0.15) is 0 Å². The maximum atomic E-state index is 12.4. The molecule has 5 nitrogen and oxygen atoms in total. The van der Waals surface area contributed by atoms with Crippen LogP contribution in [-0.4, -0.2) is 44.5 Å². The zero-order chi connectivity index (χ0) is 14.1. The minimum absolute atomic E-state index is 0.112. The molecule has 1 saturated heterocycles. The molecule has 2 aromatic rings. The van der Waals surface area contributed by atoms with Crippen LogP contribution in [0.4, 0.5) is 0 Å². The first-order valence-corrected chi connectivity index (χ1v) is 7.86. The number of imidazole rings is 1. The molecule has 3 rings (SSSR count). The second-order valence-corrected chi connectivity index (χ2v) is 6.40. The number of hydrogen-bond acceptors (Lipinski definition) is 4. The molecule has 1 fully saturated rings. The van der Waals surface area contributed by atoms with Gasteiger partial charge >= 0.3 is 0 Å². The first-order chi connectivity index (χ1) is 9.67. The van der Waals surface area contributed by atoms with Gasteiger partial charge in [-0.1, -0.05) is 0 Å². The second kappa shape index (κ2) is 5.54. The number of carbonyl (C=O) groups excluding carboxylic acids is 1. The first kappa shape index (κ1) is 13.6. The van der Waals surface area contributed by atoms with Crippen LogP contribution in [0, 0.1) is 5.92 Å². The Bertz CT molecular complexity index is 578. The van der Waals surface area contributed by atoms with Crippen molar-refractivity contribution < 1.29 is 9.90 Å². The molecule has 6 heteroatoms. The highest BCUT2D eigenvalue weighted by atomic mass is 32.1. The quantitative estimate of drug-likeness (QED) is 0.934.